The van der Waals surface area contributed by atoms with E-state index in [0.29, 0.717) is 53.9 Å². The topological polar surface area (TPSA) is 85.3 Å². The molecule has 2 aliphatic heterocycles. The summed E-state index contributed by atoms with van der Waals surface area (Å²) in [4.78, 5) is 28.0. The first-order valence-electron chi connectivity index (χ1n) is 11.1. The number of aliphatic hydroxyl groups excluding tert-OH is 1. The Bertz CT molecular complexity index is 1280. The predicted octanol–water partition coefficient (Wildman–Crippen LogP) is 4.48. The van der Waals surface area contributed by atoms with Gasteiger partial charge in [0.15, 0.2) is 11.5 Å². The summed E-state index contributed by atoms with van der Waals surface area (Å²) < 4.78 is 16.8. The number of hydrogen-bond donors (Lipinski definition) is 1. The molecular formula is C27H23NO6. The lowest BCUT2D eigenvalue weighted by molar-refractivity contribution is -0.132. The molecule has 0 saturated carbocycles. The number of carbonyl (C=O) groups excluding carboxylic acids is 2. The number of aliphatic hydroxyl groups is 1. The largest absolute Gasteiger partial charge is 0.507 e. The van der Waals surface area contributed by atoms with Crippen molar-refractivity contribution in [2.75, 3.05) is 24.7 Å². The lowest BCUT2D eigenvalue weighted by Gasteiger charge is -2.27. The van der Waals surface area contributed by atoms with Crippen LogP contribution in [0.15, 0.2) is 78.4 Å². The lowest BCUT2D eigenvalue weighted by atomic mass is 9.95. The minimum atomic E-state index is -0.820. The van der Waals surface area contributed by atoms with Crippen LogP contribution in [0, 0.1) is 0 Å². The maximum absolute atomic E-state index is 13.3. The molecule has 0 bridgehead atoms. The highest BCUT2D eigenvalue weighted by Crippen LogP contribution is 2.44. The molecule has 0 spiro atoms. The van der Waals surface area contributed by atoms with Gasteiger partial charge in [-0.1, -0.05) is 42.5 Å². The van der Waals surface area contributed by atoms with Crippen LogP contribution in [-0.2, 0) is 9.59 Å². The van der Waals surface area contributed by atoms with Crippen molar-refractivity contribution in [2.45, 2.75) is 13.0 Å². The fourth-order valence-corrected chi connectivity index (χ4v) is 4.29. The lowest BCUT2D eigenvalue weighted by Crippen LogP contribution is -2.29. The molecule has 1 amide bonds. The van der Waals surface area contributed by atoms with E-state index in [-0.39, 0.29) is 11.3 Å². The maximum atomic E-state index is 13.3. The first-order chi connectivity index (χ1) is 16.6. The molecule has 0 aliphatic carbocycles. The third-order valence-electron chi connectivity index (χ3n) is 5.78. The van der Waals surface area contributed by atoms with E-state index in [1.165, 1.54) is 4.90 Å². The molecule has 1 fully saturated rings. The molecule has 172 valence electrons. The molecule has 1 unspecified atom stereocenters. The van der Waals surface area contributed by atoms with Gasteiger partial charge in [0.05, 0.1) is 18.2 Å². The monoisotopic (exact) mass is 457 g/mol. The highest BCUT2D eigenvalue weighted by atomic mass is 16.6. The Morgan fingerprint density at radius 1 is 0.971 bits per heavy atom. The van der Waals surface area contributed by atoms with Crippen molar-refractivity contribution in [1.29, 1.82) is 0 Å². The fourth-order valence-electron chi connectivity index (χ4n) is 4.29. The van der Waals surface area contributed by atoms with Gasteiger partial charge in [-0.3, -0.25) is 14.5 Å². The van der Waals surface area contributed by atoms with Gasteiger partial charge >= 0.3 is 0 Å². The molecule has 0 radical (unpaired) electrons. The van der Waals surface area contributed by atoms with Crippen molar-refractivity contribution in [3.8, 4) is 17.2 Å². The standard InChI is InChI=1S/C27H23NO6/c1-2-32-20-10-6-9-18(15-20)25(29)23-24(17-7-4-3-5-8-17)28(27(31)26(23)30)19-11-12-21-22(16-19)34-14-13-33-21/h3-12,15-16,24,29H,2,13-14H2,1H3/b25-23+. The summed E-state index contributed by atoms with van der Waals surface area (Å²) in [5.41, 5.74) is 1.58. The minimum Gasteiger partial charge on any atom is -0.507 e. The van der Waals surface area contributed by atoms with Gasteiger partial charge in [0.1, 0.15) is 24.7 Å². The molecule has 1 N–H and O–H groups in total. The SMILES string of the molecule is CCOc1cccc(/C(O)=C2\C(=O)C(=O)N(c3ccc4c(c3)OCCO4)C2c2ccccc2)c1. The van der Waals surface area contributed by atoms with Gasteiger partial charge in [0, 0.05) is 17.3 Å². The average molecular weight is 457 g/mol. The molecular weight excluding hydrogens is 434 g/mol. The van der Waals surface area contributed by atoms with Gasteiger partial charge in [-0.25, -0.2) is 0 Å². The Balaban J connectivity index is 1.67. The first-order valence-corrected chi connectivity index (χ1v) is 11.1. The smallest absolute Gasteiger partial charge is 0.300 e. The summed E-state index contributed by atoms with van der Waals surface area (Å²) in [5.74, 6) is -0.105. The van der Waals surface area contributed by atoms with Crippen molar-refractivity contribution in [3.63, 3.8) is 0 Å². The number of benzene rings is 3. The molecule has 1 atom stereocenters. The van der Waals surface area contributed by atoms with Crippen molar-refractivity contribution in [2.24, 2.45) is 0 Å². The molecule has 7 heteroatoms. The molecule has 3 aromatic carbocycles. The number of nitrogens with zero attached hydrogens (tertiary/aromatic N) is 1. The Kier molecular flexibility index (Phi) is 5.67. The summed E-state index contributed by atoms with van der Waals surface area (Å²) >= 11 is 0. The fraction of sp³-hybridized carbons (Fsp3) is 0.185. The number of anilines is 1. The molecule has 3 aromatic rings. The zero-order valence-corrected chi connectivity index (χ0v) is 18.6. The van der Waals surface area contributed by atoms with Crippen LogP contribution in [-0.4, -0.2) is 36.6 Å². The first kappa shape index (κ1) is 21.6. The van der Waals surface area contributed by atoms with E-state index >= 15 is 0 Å². The van der Waals surface area contributed by atoms with Crippen LogP contribution in [0.4, 0.5) is 5.69 Å². The van der Waals surface area contributed by atoms with Crippen LogP contribution in [0.5, 0.6) is 17.2 Å². The van der Waals surface area contributed by atoms with Gasteiger partial charge in [0.2, 0.25) is 0 Å². The molecule has 2 heterocycles. The van der Waals surface area contributed by atoms with Crippen molar-refractivity contribution in [1.82, 2.24) is 0 Å². The van der Waals surface area contributed by atoms with Crippen LogP contribution in [0.25, 0.3) is 5.76 Å². The summed E-state index contributed by atoms with van der Waals surface area (Å²) in [6.07, 6.45) is 0. The zero-order valence-electron chi connectivity index (χ0n) is 18.6. The van der Waals surface area contributed by atoms with E-state index in [4.69, 9.17) is 14.2 Å². The minimum absolute atomic E-state index is 0.0136. The number of carbonyl (C=O) groups is 2. The van der Waals surface area contributed by atoms with E-state index in [0.717, 1.165) is 0 Å². The Morgan fingerprint density at radius 2 is 1.74 bits per heavy atom. The summed E-state index contributed by atoms with van der Waals surface area (Å²) in [7, 11) is 0. The van der Waals surface area contributed by atoms with E-state index in [1.807, 2.05) is 37.3 Å². The van der Waals surface area contributed by atoms with Crippen LogP contribution < -0.4 is 19.1 Å². The molecule has 1 saturated heterocycles. The summed E-state index contributed by atoms with van der Waals surface area (Å²) in [6.45, 7) is 3.17. The highest BCUT2D eigenvalue weighted by Gasteiger charge is 2.47. The second-order valence-electron chi connectivity index (χ2n) is 7.87. The van der Waals surface area contributed by atoms with Crippen LogP contribution >= 0.6 is 0 Å². The average Bonchev–Trinajstić information content (AvgIpc) is 3.14. The summed E-state index contributed by atoms with van der Waals surface area (Å²) in [5, 5.41) is 11.3. The third-order valence-corrected chi connectivity index (χ3v) is 5.78. The van der Waals surface area contributed by atoms with Gasteiger partial charge in [-0.15, -0.1) is 0 Å². The number of ketones is 1. The number of amides is 1. The van der Waals surface area contributed by atoms with Gasteiger partial charge in [-0.05, 0) is 36.8 Å². The number of ether oxygens (including phenoxy) is 3. The number of fused-ring (bicyclic) bond motifs is 1. The number of hydrogen-bond acceptors (Lipinski definition) is 6. The predicted molar refractivity (Wildman–Crippen MR) is 126 cm³/mol. The van der Waals surface area contributed by atoms with Gasteiger partial charge < -0.3 is 19.3 Å². The normalized spacial score (nSPS) is 18.7. The van der Waals surface area contributed by atoms with Crippen LogP contribution in [0.3, 0.4) is 0 Å². The van der Waals surface area contributed by atoms with Crippen LogP contribution in [0.2, 0.25) is 0 Å². The Morgan fingerprint density at radius 3 is 2.50 bits per heavy atom. The number of Topliss-reactive ketones (excluding diaryl/α,β-unsaturated/α-hetero) is 1. The van der Waals surface area contributed by atoms with Crippen LogP contribution in [0.1, 0.15) is 24.1 Å². The van der Waals surface area contributed by atoms with Crippen molar-refractivity contribution in [3.05, 3.63) is 89.5 Å². The van der Waals surface area contributed by atoms with Crippen molar-refractivity contribution < 1.29 is 28.9 Å². The second kappa shape index (κ2) is 8.94. The molecule has 2 aliphatic rings. The zero-order chi connectivity index (χ0) is 23.7. The molecule has 0 aromatic heterocycles. The molecule has 7 nitrogen and oxygen atoms in total. The third kappa shape index (κ3) is 3.75. The van der Waals surface area contributed by atoms with Gasteiger partial charge in [0.25, 0.3) is 11.7 Å². The summed E-state index contributed by atoms with van der Waals surface area (Å²) in [6, 6.07) is 20.3. The molecule has 5 rings (SSSR count). The quantitative estimate of drug-likeness (QED) is 0.345. The number of rotatable bonds is 5. The van der Waals surface area contributed by atoms with E-state index in [2.05, 4.69) is 0 Å². The maximum Gasteiger partial charge on any atom is 0.300 e. The second-order valence-corrected chi connectivity index (χ2v) is 7.87. The van der Waals surface area contributed by atoms with E-state index in [1.54, 1.807) is 42.5 Å². The van der Waals surface area contributed by atoms with Crippen molar-refractivity contribution >= 4 is 23.1 Å². The van der Waals surface area contributed by atoms with Gasteiger partial charge in [-0.2, -0.15) is 0 Å². The van der Waals surface area contributed by atoms with E-state index < -0.39 is 17.7 Å². The van der Waals surface area contributed by atoms with E-state index in [9.17, 15) is 14.7 Å². The molecule has 34 heavy (non-hydrogen) atoms. The Labute approximate surface area is 196 Å². The highest BCUT2D eigenvalue weighted by molar-refractivity contribution is 6.51. The Hall–Kier alpha value is -4.26.